The van der Waals surface area contributed by atoms with E-state index in [-0.39, 0.29) is 0 Å². The summed E-state index contributed by atoms with van der Waals surface area (Å²) in [5.41, 5.74) is 2.65. The van der Waals surface area contributed by atoms with E-state index >= 15 is 0 Å². The fraction of sp³-hybridized carbons (Fsp3) is 0.733. The summed E-state index contributed by atoms with van der Waals surface area (Å²) >= 11 is 2.03. The molecule has 19 heavy (non-hydrogen) atoms. The average Bonchev–Trinajstić information content (AvgIpc) is 2.94. The van der Waals surface area contributed by atoms with Crippen LogP contribution in [0.15, 0.2) is 6.33 Å². The molecule has 1 heterocycles. The second-order valence-corrected chi connectivity index (χ2v) is 7.08. The van der Waals surface area contributed by atoms with Crippen LogP contribution in [0.1, 0.15) is 49.8 Å². The van der Waals surface area contributed by atoms with Gasteiger partial charge in [0.2, 0.25) is 0 Å². The van der Waals surface area contributed by atoms with Crippen LogP contribution < -0.4 is 5.32 Å². The standard InChI is InChI=1S/C15H23N3S/c1-19-15(8-4-5-9-15)10-16-14-12-6-2-3-7-13(12)17-11-18-14/h11H,2-10H2,1H3,(H,16,17,18). The molecular weight excluding hydrogens is 254 g/mol. The minimum atomic E-state index is 0.437. The smallest absolute Gasteiger partial charge is 0.132 e. The van der Waals surface area contributed by atoms with Crippen molar-refractivity contribution in [1.82, 2.24) is 9.97 Å². The monoisotopic (exact) mass is 277 g/mol. The van der Waals surface area contributed by atoms with Gasteiger partial charge in [-0.3, -0.25) is 0 Å². The molecule has 0 aliphatic heterocycles. The maximum absolute atomic E-state index is 4.49. The maximum Gasteiger partial charge on any atom is 0.132 e. The lowest BCUT2D eigenvalue weighted by atomic mass is 9.96. The Morgan fingerprint density at radius 1 is 1.16 bits per heavy atom. The van der Waals surface area contributed by atoms with Crippen molar-refractivity contribution < 1.29 is 0 Å². The molecule has 0 saturated heterocycles. The summed E-state index contributed by atoms with van der Waals surface area (Å²) in [6.45, 7) is 1.05. The molecular formula is C15H23N3S. The number of nitrogens with one attached hydrogen (secondary N) is 1. The van der Waals surface area contributed by atoms with Crippen molar-refractivity contribution in [2.24, 2.45) is 0 Å². The van der Waals surface area contributed by atoms with Crippen LogP contribution in [0.5, 0.6) is 0 Å². The van der Waals surface area contributed by atoms with Gasteiger partial charge in [0.1, 0.15) is 12.1 Å². The number of fused-ring (bicyclic) bond motifs is 1. The van der Waals surface area contributed by atoms with Crippen molar-refractivity contribution in [1.29, 1.82) is 0 Å². The first-order chi connectivity index (χ1) is 9.33. The quantitative estimate of drug-likeness (QED) is 0.915. The molecule has 3 nitrogen and oxygen atoms in total. The molecule has 4 heteroatoms. The van der Waals surface area contributed by atoms with E-state index in [9.17, 15) is 0 Å². The fourth-order valence-electron chi connectivity index (χ4n) is 3.39. The first-order valence-corrected chi connectivity index (χ1v) is 8.67. The molecule has 2 aliphatic rings. The van der Waals surface area contributed by atoms with Crippen molar-refractivity contribution in [3.8, 4) is 0 Å². The lowest BCUT2D eigenvalue weighted by Crippen LogP contribution is -2.31. The van der Waals surface area contributed by atoms with Crippen molar-refractivity contribution in [2.45, 2.75) is 56.1 Å². The summed E-state index contributed by atoms with van der Waals surface area (Å²) in [4.78, 5) is 8.93. The number of aryl methyl sites for hydroxylation is 1. The van der Waals surface area contributed by atoms with Crippen LogP contribution in [-0.2, 0) is 12.8 Å². The number of aromatic nitrogens is 2. The van der Waals surface area contributed by atoms with Gasteiger partial charge in [-0.2, -0.15) is 11.8 Å². The third-order valence-electron chi connectivity index (χ3n) is 4.65. The van der Waals surface area contributed by atoms with Gasteiger partial charge in [-0.25, -0.2) is 9.97 Å². The Morgan fingerprint density at radius 2 is 1.95 bits per heavy atom. The van der Waals surface area contributed by atoms with Gasteiger partial charge in [0.05, 0.1) is 0 Å². The zero-order chi connectivity index (χ0) is 13.1. The van der Waals surface area contributed by atoms with Crippen molar-refractivity contribution in [3.63, 3.8) is 0 Å². The summed E-state index contributed by atoms with van der Waals surface area (Å²) in [5, 5.41) is 3.63. The summed E-state index contributed by atoms with van der Waals surface area (Å²) in [6.07, 6.45) is 14.2. The molecule has 1 aromatic rings. The molecule has 1 fully saturated rings. The Kier molecular flexibility index (Phi) is 3.96. The second kappa shape index (κ2) is 5.70. The van der Waals surface area contributed by atoms with Crippen LogP contribution in [0.3, 0.4) is 0 Å². The first-order valence-electron chi connectivity index (χ1n) is 7.45. The Labute approximate surface area is 120 Å². The molecule has 1 N–H and O–H groups in total. The summed E-state index contributed by atoms with van der Waals surface area (Å²) in [6, 6.07) is 0. The van der Waals surface area contributed by atoms with Gasteiger partial charge >= 0.3 is 0 Å². The van der Waals surface area contributed by atoms with Crippen LogP contribution in [-0.4, -0.2) is 27.5 Å². The second-order valence-electron chi connectivity index (χ2n) is 5.80. The highest BCUT2D eigenvalue weighted by Gasteiger charge is 2.33. The number of hydrogen-bond acceptors (Lipinski definition) is 4. The van der Waals surface area contributed by atoms with Crippen molar-refractivity contribution in [2.75, 3.05) is 18.1 Å². The van der Waals surface area contributed by atoms with Gasteiger partial charge in [-0.15, -0.1) is 0 Å². The molecule has 0 aromatic carbocycles. The van der Waals surface area contributed by atoms with Gasteiger partial charge in [0.25, 0.3) is 0 Å². The zero-order valence-corrected chi connectivity index (χ0v) is 12.6. The van der Waals surface area contributed by atoms with Crippen LogP contribution >= 0.6 is 11.8 Å². The number of nitrogens with zero attached hydrogens (tertiary/aromatic N) is 2. The Balaban J connectivity index is 1.73. The van der Waals surface area contributed by atoms with Gasteiger partial charge in [-0.05, 0) is 44.8 Å². The highest BCUT2D eigenvalue weighted by atomic mass is 32.2. The molecule has 2 aliphatic carbocycles. The number of rotatable bonds is 4. The van der Waals surface area contributed by atoms with Crippen LogP contribution in [0.25, 0.3) is 0 Å². The molecule has 104 valence electrons. The minimum Gasteiger partial charge on any atom is -0.368 e. The minimum absolute atomic E-state index is 0.437. The van der Waals surface area contributed by atoms with E-state index < -0.39 is 0 Å². The van der Waals surface area contributed by atoms with Gasteiger partial charge in [0.15, 0.2) is 0 Å². The Hall–Kier alpha value is -0.770. The van der Waals surface area contributed by atoms with E-state index in [1.165, 1.54) is 49.8 Å². The van der Waals surface area contributed by atoms with Crippen LogP contribution in [0.4, 0.5) is 5.82 Å². The van der Waals surface area contributed by atoms with Crippen LogP contribution in [0.2, 0.25) is 0 Å². The third-order valence-corrected chi connectivity index (χ3v) is 6.07. The zero-order valence-electron chi connectivity index (χ0n) is 11.7. The number of hydrogen-bond donors (Lipinski definition) is 1. The predicted molar refractivity (Wildman–Crippen MR) is 81.9 cm³/mol. The SMILES string of the molecule is CSC1(CNc2ncnc3c2CCCC3)CCCC1. The number of anilines is 1. The largest absolute Gasteiger partial charge is 0.368 e. The predicted octanol–water partition coefficient (Wildman–Crippen LogP) is 3.44. The molecule has 0 radical (unpaired) electrons. The van der Waals surface area contributed by atoms with E-state index in [2.05, 4.69) is 21.5 Å². The Morgan fingerprint density at radius 3 is 2.74 bits per heavy atom. The van der Waals surface area contributed by atoms with Crippen molar-refractivity contribution in [3.05, 3.63) is 17.6 Å². The van der Waals surface area contributed by atoms with E-state index in [4.69, 9.17) is 0 Å². The van der Waals surface area contributed by atoms with Crippen LogP contribution in [0, 0.1) is 0 Å². The molecule has 0 unspecified atom stereocenters. The molecule has 0 spiro atoms. The normalized spacial score (nSPS) is 21.1. The summed E-state index contributed by atoms with van der Waals surface area (Å²) in [5.74, 6) is 1.10. The molecule has 1 aromatic heterocycles. The highest BCUT2D eigenvalue weighted by Crippen LogP contribution is 2.40. The fourth-order valence-corrected chi connectivity index (χ4v) is 4.30. The molecule has 1 saturated carbocycles. The summed E-state index contributed by atoms with van der Waals surface area (Å²) in [7, 11) is 0. The lowest BCUT2D eigenvalue weighted by Gasteiger charge is -2.28. The molecule has 0 amide bonds. The molecule has 3 rings (SSSR count). The average molecular weight is 277 g/mol. The van der Waals surface area contributed by atoms with E-state index in [0.29, 0.717) is 4.75 Å². The van der Waals surface area contributed by atoms with E-state index in [0.717, 1.165) is 25.2 Å². The van der Waals surface area contributed by atoms with E-state index in [1.54, 1.807) is 6.33 Å². The lowest BCUT2D eigenvalue weighted by molar-refractivity contribution is 0.632. The number of thioether (sulfide) groups is 1. The maximum atomic E-state index is 4.49. The van der Waals surface area contributed by atoms with Gasteiger partial charge in [0, 0.05) is 22.5 Å². The molecule has 0 bridgehead atoms. The van der Waals surface area contributed by atoms with Crippen molar-refractivity contribution >= 4 is 17.6 Å². The highest BCUT2D eigenvalue weighted by molar-refractivity contribution is 8.00. The molecule has 0 atom stereocenters. The summed E-state index contributed by atoms with van der Waals surface area (Å²) < 4.78 is 0.437. The Bertz CT molecular complexity index is 441. The first kappa shape index (κ1) is 13.2. The van der Waals surface area contributed by atoms with Gasteiger partial charge < -0.3 is 5.32 Å². The third kappa shape index (κ3) is 2.73. The topological polar surface area (TPSA) is 37.8 Å². The van der Waals surface area contributed by atoms with Gasteiger partial charge in [-0.1, -0.05) is 12.8 Å². The van der Waals surface area contributed by atoms with E-state index in [1.807, 2.05) is 11.8 Å².